The van der Waals surface area contributed by atoms with Crippen molar-refractivity contribution >= 4 is 17.5 Å². The maximum absolute atomic E-state index is 12.1. The molecule has 108 valence electrons. The van der Waals surface area contributed by atoms with Crippen LogP contribution in [0.1, 0.15) is 17.5 Å². The van der Waals surface area contributed by atoms with Crippen molar-refractivity contribution in [2.75, 3.05) is 31.5 Å². The highest BCUT2D eigenvalue weighted by Crippen LogP contribution is 2.16. The zero-order valence-electron chi connectivity index (χ0n) is 12.0. The molecule has 1 saturated heterocycles. The number of amides is 2. The zero-order valence-corrected chi connectivity index (χ0v) is 12.0. The van der Waals surface area contributed by atoms with Crippen molar-refractivity contribution in [2.24, 2.45) is 0 Å². The van der Waals surface area contributed by atoms with E-state index in [1.165, 1.54) is 0 Å². The van der Waals surface area contributed by atoms with Crippen LogP contribution in [0.25, 0.3) is 0 Å². The summed E-state index contributed by atoms with van der Waals surface area (Å²) in [5.74, 6) is -1.00. The third-order valence-corrected chi connectivity index (χ3v) is 3.46. The predicted octanol–water partition coefficient (Wildman–Crippen LogP) is 1.06. The predicted molar refractivity (Wildman–Crippen MR) is 78.6 cm³/mol. The number of hydrogen-bond acceptors (Lipinski definition) is 3. The average Bonchev–Trinajstić information content (AvgIpc) is 2.71. The van der Waals surface area contributed by atoms with E-state index in [1.54, 1.807) is 4.90 Å². The first kappa shape index (κ1) is 14.5. The summed E-state index contributed by atoms with van der Waals surface area (Å²) in [6.07, 6.45) is 0.877. The molecule has 0 spiro atoms. The Morgan fingerprint density at radius 1 is 1.20 bits per heavy atom. The molecule has 2 amide bonds. The van der Waals surface area contributed by atoms with Gasteiger partial charge in [-0.3, -0.25) is 9.59 Å². The minimum atomic E-state index is -0.555. The van der Waals surface area contributed by atoms with E-state index < -0.39 is 11.8 Å². The molecule has 0 aromatic heterocycles. The van der Waals surface area contributed by atoms with Gasteiger partial charge in [-0.1, -0.05) is 12.1 Å². The van der Waals surface area contributed by atoms with Gasteiger partial charge in [-0.2, -0.15) is 0 Å². The zero-order chi connectivity index (χ0) is 14.5. The van der Waals surface area contributed by atoms with E-state index in [0.717, 1.165) is 30.6 Å². The van der Waals surface area contributed by atoms with Crippen molar-refractivity contribution < 1.29 is 9.59 Å². The SMILES string of the molecule is Cc1ccc(C)c(NC(=O)C(=O)N2CCCNCC2)c1. The average molecular weight is 275 g/mol. The first-order valence-corrected chi connectivity index (χ1v) is 6.96. The standard InChI is InChI=1S/C15H21N3O2/c1-11-4-5-12(2)13(10-11)17-14(19)15(20)18-8-3-6-16-7-9-18/h4-5,10,16H,3,6-9H2,1-2H3,(H,17,19). The molecule has 1 aliphatic rings. The lowest BCUT2D eigenvalue weighted by Crippen LogP contribution is -2.41. The Labute approximate surface area is 119 Å². The van der Waals surface area contributed by atoms with E-state index in [2.05, 4.69) is 10.6 Å². The smallest absolute Gasteiger partial charge is 0.313 e. The summed E-state index contributed by atoms with van der Waals surface area (Å²) in [6, 6.07) is 5.79. The van der Waals surface area contributed by atoms with Crippen LogP contribution in [0, 0.1) is 13.8 Å². The van der Waals surface area contributed by atoms with Gasteiger partial charge >= 0.3 is 11.8 Å². The van der Waals surface area contributed by atoms with Crippen molar-refractivity contribution in [2.45, 2.75) is 20.3 Å². The van der Waals surface area contributed by atoms with Gasteiger partial charge in [-0.05, 0) is 44.0 Å². The van der Waals surface area contributed by atoms with Gasteiger partial charge < -0.3 is 15.5 Å². The molecule has 2 rings (SSSR count). The Bertz CT molecular complexity index is 506. The molecule has 0 saturated carbocycles. The van der Waals surface area contributed by atoms with E-state index in [4.69, 9.17) is 0 Å². The Morgan fingerprint density at radius 3 is 2.80 bits per heavy atom. The molecule has 1 aromatic carbocycles. The number of anilines is 1. The van der Waals surface area contributed by atoms with E-state index in [1.807, 2.05) is 32.0 Å². The number of carbonyl (C=O) groups is 2. The number of nitrogens with zero attached hydrogens (tertiary/aromatic N) is 1. The molecule has 0 aliphatic carbocycles. The fourth-order valence-corrected chi connectivity index (χ4v) is 2.24. The van der Waals surface area contributed by atoms with Crippen LogP contribution in [0.3, 0.4) is 0 Å². The fraction of sp³-hybridized carbons (Fsp3) is 0.467. The second-order valence-electron chi connectivity index (χ2n) is 5.17. The summed E-state index contributed by atoms with van der Waals surface area (Å²) in [5.41, 5.74) is 2.71. The molecule has 5 heteroatoms. The minimum absolute atomic E-state index is 0.449. The van der Waals surface area contributed by atoms with Crippen molar-refractivity contribution in [1.82, 2.24) is 10.2 Å². The molecule has 0 atom stereocenters. The lowest BCUT2D eigenvalue weighted by atomic mass is 10.1. The van der Waals surface area contributed by atoms with Crippen molar-refractivity contribution in [3.8, 4) is 0 Å². The van der Waals surface area contributed by atoms with Gasteiger partial charge in [-0.25, -0.2) is 0 Å². The van der Waals surface area contributed by atoms with Gasteiger partial charge in [0.25, 0.3) is 0 Å². The second-order valence-corrected chi connectivity index (χ2v) is 5.17. The number of rotatable bonds is 1. The Balaban J connectivity index is 2.03. The summed E-state index contributed by atoms with van der Waals surface area (Å²) in [7, 11) is 0. The van der Waals surface area contributed by atoms with E-state index >= 15 is 0 Å². The maximum atomic E-state index is 12.1. The summed E-state index contributed by atoms with van der Waals surface area (Å²) >= 11 is 0. The molecule has 0 unspecified atom stereocenters. The third-order valence-electron chi connectivity index (χ3n) is 3.46. The molecular formula is C15H21N3O2. The molecule has 1 fully saturated rings. The fourth-order valence-electron chi connectivity index (χ4n) is 2.24. The van der Waals surface area contributed by atoms with Crippen molar-refractivity contribution in [3.05, 3.63) is 29.3 Å². The highest BCUT2D eigenvalue weighted by atomic mass is 16.2. The number of hydrogen-bond donors (Lipinski definition) is 2. The highest BCUT2D eigenvalue weighted by Gasteiger charge is 2.22. The van der Waals surface area contributed by atoms with Crippen molar-refractivity contribution in [3.63, 3.8) is 0 Å². The monoisotopic (exact) mass is 275 g/mol. The quantitative estimate of drug-likeness (QED) is 0.754. The number of benzene rings is 1. The van der Waals surface area contributed by atoms with Crippen molar-refractivity contribution in [1.29, 1.82) is 0 Å². The lowest BCUT2D eigenvalue weighted by molar-refractivity contribution is -0.143. The molecule has 0 bridgehead atoms. The van der Waals surface area contributed by atoms with Crippen LogP contribution in [-0.2, 0) is 9.59 Å². The first-order chi connectivity index (χ1) is 9.58. The van der Waals surface area contributed by atoms with Crippen LogP contribution >= 0.6 is 0 Å². The summed E-state index contributed by atoms with van der Waals surface area (Å²) < 4.78 is 0. The van der Waals surface area contributed by atoms with Gasteiger partial charge in [0.2, 0.25) is 0 Å². The maximum Gasteiger partial charge on any atom is 0.313 e. The third kappa shape index (κ3) is 3.57. The molecule has 0 radical (unpaired) electrons. The van der Waals surface area contributed by atoms with Crippen LogP contribution in [0.5, 0.6) is 0 Å². The summed E-state index contributed by atoms with van der Waals surface area (Å²) in [6.45, 7) is 6.71. The van der Waals surface area contributed by atoms with Gasteiger partial charge in [0.1, 0.15) is 0 Å². The highest BCUT2D eigenvalue weighted by molar-refractivity contribution is 6.39. The first-order valence-electron chi connectivity index (χ1n) is 6.96. The normalized spacial score (nSPS) is 15.6. The number of nitrogens with one attached hydrogen (secondary N) is 2. The lowest BCUT2D eigenvalue weighted by Gasteiger charge is -2.19. The Kier molecular flexibility index (Phi) is 4.74. The van der Waals surface area contributed by atoms with E-state index in [9.17, 15) is 9.59 Å². The van der Waals surface area contributed by atoms with E-state index in [0.29, 0.717) is 18.8 Å². The van der Waals surface area contributed by atoms with Crippen LogP contribution < -0.4 is 10.6 Å². The van der Waals surface area contributed by atoms with Crippen LogP contribution in [0.2, 0.25) is 0 Å². The van der Waals surface area contributed by atoms with Gasteiger partial charge in [0.05, 0.1) is 0 Å². The molecule has 1 aromatic rings. The van der Waals surface area contributed by atoms with Crippen LogP contribution in [0.15, 0.2) is 18.2 Å². The largest absolute Gasteiger partial charge is 0.333 e. The van der Waals surface area contributed by atoms with Gasteiger partial charge in [-0.15, -0.1) is 0 Å². The van der Waals surface area contributed by atoms with E-state index in [-0.39, 0.29) is 0 Å². The molecule has 20 heavy (non-hydrogen) atoms. The second kappa shape index (κ2) is 6.52. The van der Waals surface area contributed by atoms with Crippen LogP contribution in [0.4, 0.5) is 5.69 Å². The molecule has 2 N–H and O–H groups in total. The topological polar surface area (TPSA) is 61.4 Å². The molecule has 1 aliphatic heterocycles. The minimum Gasteiger partial charge on any atom is -0.333 e. The summed E-state index contributed by atoms with van der Waals surface area (Å²) in [5, 5.41) is 5.93. The summed E-state index contributed by atoms with van der Waals surface area (Å²) in [4.78, 5) is 25.8. The van der Waals surface area contributed by atoms with Crippen LogP contribution in [-0.4, -0.2) is 42.9 Å². The Hall–Kier alpha value is -1.88. The molecule has 1 heterocycles. The Morgan fingerprint density at radius 2 is 2.00 bits per heavy atom. The molecular weight excluding hydrogens is 254 g/mol. The van der Waals surface area contributed by atoms with Gasteiger partial charge in [0, 0.05) is 25.3 Å². The molecule has 5 nitrogen and oxygen atoms in total. The number of carbonyl (C=O) groups excluding carboxylic acids is 2. The number of aryl methyl sites for hydroxylation is 2. The van der Waals surface area contributed by atoms with Gasteiger partial charge in [0.15, 0.2) is 0 Å².